The number of carbonyl (C=O) groups is 1. The Morgan fingerprint density at radius 2 is 2.04 bits per heavy atom. The topological polar surface area (TPSA) is 75.9 Å². The van der Waals surface area contributed by atoms with Crippen molar-refractivity contribution in [3.8, 4) is 5.82 Å². The number of nitrogens with one attached hydrogen (secondary N) is 1. The number of amides is 1. The molecule has 0 saturated carbocycles. The van der Waals surface area contributed by atoms with Crippen molar-refractivity contribution in [1.82, 2.24) is 30.0 Å². The summed E-state index contributed by atoms with van der Waals surface area (Å²) in [5, 5.41) is 7.78. The van der Waals surface area contributed by atoms with Crippen molar-refractivity contribution < 1.29 is 4.79 Å². The Labute approximate surface area is 169 Å². The predicted octanol–water partition coefficient (Wildman–Crippen LogP) is 3.13. The highest BCUT2D eigenvalue weighted by molar-refractivity contribution is 6.31. The van der Waals surface area contributed by atoms with E-state index in [1.807, 2.05) is 24.3 Å². The predicted molar refractivity (Wildman–Crippen MR) is 109 cm³/mol. The molecule has 2 aromatic heterocycles. The summed E-state index contributed by atoms with van der Waals surface area (Å²) < 4.78 is 1.51. The van der Waals surface area contributed by atoms with Crippen molar-refractivity contribution in [2.75, 3.05) is 19.6 Å². The van der Waals surface area contributed by atoms with Crippen molar-refractivity contribution in [1.29, 1.82) is 0 Å². The number of hydrogen-bond donors (Lipinski definition) is 1. The standard InChI is InChI=1S/C20H23ClN6O/c1-3-26(4-2)18(16-7-5-6-8-17(16)21)12-24-20(28)15-9-10-23-19(11-15)27-14-22-13-25-27/h5-11,13-14,18H,3-4,12H2,1-2H3,(H,24,28). The van der Waals surface area contributed by atoms with Crippen LogP contribution in [0, 0.1) is 0 Å². The second kappa shape index (κ2) is 9.43. The minimum absolute atomic E-state index is 0.00993. The zero-order chi connectivity index (χ0) is 19.9. The van der Waals surface area contributed by atoms with Crippen LogP contribution in [-0.4, -0.2) is 50.2 Å². The molecule has 1 unspecified atom stereocenters. The maximum atomic E-state index is 12.8. The zero-order valence-electron chi connectivity index (χ0n) is 15.9. The molecule has 3 rings (SSSR count). The van der Waals surface area contributed by atoms with Gasteiger partial charge < -0.3 is 5.32 Å². The lowest BCUT2D eigenvalue weighted by atomic mass is 10.0. The first-order valence-corrected chi connectivity index (χ1v) is 9.59. The third-order valence-electron chi connectivity index (χ3n) is 4.63. The highest BCUT2D eigenvalue weighted by Gasteiger charge is 2.21. The summed E-state index contributed by atoms with van der Waals surface area (Å²) in [6, 6.07) is 11.1. The van der Waals surface area contributed by atoms with Gasteiger partial charge in [0.15, 0.2) is 5.82 Å². The minimum Gasteiger partial charge on any atom is -0.350 e. The van der Waals surface area contributed by atoms with Crippen LogP contribution in [0.4, 0.5) is 0 Å². The molecular formula is C20H23ClN6O. The molecule has 0 fully saturated rings. The smallest absolute Gasteiger partial charge is 0.251 e. The summed E-state index contributed by atoms with van der Waals surface area (Å²) in [7, 11) is 0. The van der Waals surface area contributed by atoms with Crippen LogP contribution in [-0.2, 0) is 0 Å². The third-order valence-corrected chi connectivity index (χ3v) is 4.98. The van der Waals surface area contributed by atoms with E-state index in [2.05, 4.69) is 39.1 Å². The summed E-state index contributed by atoms with van der Waals surface area (Å²) in [6.45, 7) is 6.36. The molecule has 0 spiro atoms. The molecule has 0 aliphatic heterocycles. The molecule has 1 atom stereocenters. The maximum Gasteiger partial charge on any atom is 0.251 e. The molecule has 3 aromatic rings. The number of pyridine rings is 1. The van der Waals surface area contributed by atoms with Crippen LogP contribution in [0.15, 0.2) is 55.2 Å². The zero-order valence-corrected chi connectivity index (χ0v) is 16.7. The van der Waals surface area contributed by atoms with E-state index in [1.165, 1.54) is 17.3 Å². The van der Waals surface area contributed by atoms with Gasteiger partial charge in [0, 0.05) is 23.3 Å². The molecule has 28 heavy (non-hydrogen) atoms. The number of halogens is 1. The van der Waals surface area contributed by atoms with Crippen LogP contribution >= 0.6 is 11.6 Å². The van der Waals surface area contributed by atoms with Crippen molar-refractivity contribution >= 4 is 17.5 Å². The molecule has 7 nitrogen and oxygen atoms in total. The lowest BCUT2D eigenvalue weighted by Crippen LogP contribution is -2.38. The first-order chi connectivity index (χ1) is 13.6. The molecule has 8 heteroatoms. The van der Waals surface area contributed by atoms with Gasteiger partial charge in [-0.3, -0.25) is 9.69 Å². The van der Waals surface area contributed by atoms with Crippen molar-refractivity contribution in [3.63, 3.8) is 0 Å². The molecule has 1 N–H and O–H groups in total. The maximum absolute atomic E-state index is 12.8. The Hall–Kier alpha value is -2.77. The van der Waals surface area contributed by atoms with Gasteiger partial charge in [0.1, 0.15) is 12.7 Å². The number of nitrogens with zero attached hydrogens (tertiary/aromatic N) is 5. The van der Waals surface area contributed by atoms with Gasteiger partial charge >= 0.3 is 0 Å². The Bertz CT molecular complexity index is 911. The van der Waals surface area contributed by atoms with Crippen LogP contribution < -0.4 is 5.32 Å². The van der Waals surface area contributed by atoms with E-state index in [4.69, 9.17) is 11.6 Å². The monoisotopic (exact) mass is 398 g/mol. The van der Waals surface area contributed by atoms with E-state index in [1.54, 1.807) is 18.3 Å². The lowest BCUT2D eigenvalue weighted by molar-refractivity contribution is 0.0935. The Kier molecular flexibility index (Phi) is 6.73. The van der Waals surface area contributed by atoms with E-state index < -0.39 is 0 Å². The fourth-order valence-electron chi connectivity index (χ4n) is 3.15. The van der Waals surface area contributed by atoms with Gasteiger partial charge in [0.25, 0.3) is 5.91 Å². The first kappa shape index (κ1) is 20.0. The lowest BCUT2D eigenvalue weighted by Gasteiger charge is -2.31. The van der Waals surface area contributed by atoms with Crippen LogP contribution in [0.25, 0.3) is 5.82 Å². The molecule has 0 radical (unpaired) electrons. The number of carbonyl (C=O) groups excluding carboxylic acids is 1. The molecule has 0 bridgehead atoms. The highest BCUT2D eigenvalue weighted by atomic mass is 35.5. The van der Waals surface area contributed by atoms with E-state index in [0.29, 0.717) is 22.9 Å². The van der Waals surface area contributed by atoms with E-state index in [9.17, 15) is 4.79 Å². The number of aromatic nitrogens is 4. The fourth-order valence-corrected chi connectivity index (χ4v) is 3.41. The van der Waals surface area contributed by atoms with Crippen molar-refractivity contribution in [3.05, 3.63) is 71.4 Å². The molecule has 1 aromatic carbocycles. The first-order valence-electron chi connectivity index (χ1n) is 9.21. The molecule has 1 amide bonds. The number of hydrogen-bond acceptors (Lipinski definition) is 5. The third kappa shape index (κ3) is 4.55. The number of likely N-dealkylation sites (N-methyl/N-ethyl adjacent to an activating group) is 1. The summed E-state index contributed by atoms with van der Waals surface area (Å²) in [4.78, 5) is 23.2. The Morgan fingerprint density at radius 1 is 1.25 bits per heavy atom. The Morgan fingerprint density at radius 3 is 2.71 bits per heavy atom. The van der Waals surface area contributed by atoms with Crippen LogP contribution in [0.3, 0.4) is 0 Å². The Balaban J connectivity index is 1.77. The second-order valence-corrected chi connectivity index (χ2v) is 6.62. The minimum atomic E-state index is -0.173. The summed E-state index contributed by atoms with van der Waals surface area (Å²) in [5.41, 5.74) is 1.52. The van der Waals surface area contributed by atoms with Crippen molar-refractivity contribution in [2.24, 2.45) is 0 Å². The van der Waals surface area contributed by atoms with Gasteiger partial charge in [0.05, 0.1) is 6.04 Å². The highest BCUT2D eigenvalue weighted by Crippen LogP contribution is 2.27. The summed E-state index contributed by atoms with van der Waals surface area (Å²) >= 11 is 6.42. The largest absolute Gasteiger partial charge is 0.350 e. The molecule has 2 heterocycles. The molecule has 0 aliphatic carbocycles. The van der Waals surface area contributed by atoms with Crippen molar-refractivity contribution in [2.45, 2.75) is 19.9 Å². The summed E-state index contributed by atoms with van der Waals surface area (Å²) in [6.07, 6.45) is 4.55. The van der Waals surface area contributed by atoms with Crippen LogP contribution in [0.1, 0.15) is 35.8 Å². The van der Waals surface area contributed by atoms with E-state index in [0.717, 1.165) is 18.7 Å². The molecule has 146 valence electrons. The van der Waals surface area contributed by atoms with Gasteiger partial charge in [-0.1, -0.05) is 43.6 Å². The second-order valence-electron chi connectivity index (χ2n) is 6.21. The molecule has 0 aliphatic rings. The van der Waals surface area contributed by atoms with E-state index in [-0.39, 0.29) is 11.9 Å². The SMILES string of the molecule is CCN(CC)C(CNC(=O)c1ccnc(-n2cncn2)c1)c1ccccc1Cl. The molecule has 0 saturated heterocycles. The fraction of sp³-hybridized carbons (Fsp3) is 0.300. The van der Waals surface area contributed by atoms with Gasteiger partial charge in [-0.05, 0) is 36.9 Å². The number of rotatable bonds is 8. The van der Waals surface area contributed by atoms with Gasteiger partial charge in [-0.15, -0.1) is 0 Å². The summed E-state index contributed by atoms with van der Waals surface area (Å²) in [5.74, 6) is 0.365. The normalized spacial score (nSPS) is 12.1. The molecular weight excluding hydrogens is 376 g/mol. The van der Waals surface area contributed by atoms with Gasteiger partial charge in [-0.25, -0.2) is 14.6 Å². The van der Waals surface area contributed by atoms with E-state index >= 15 is 0 Å². The quantitative estimate of drug-likeness (QED) is 0.630. The van der Waals surface area contributed by atoms with Gasteiger partial charge in [0.2, 0.25) is 0 Å². The number of benzene rings is 1. The van der Waals surface area contributed by atoms with Gasteiger partial charge in [-0.2, -0.15) is 5.10 Å². The average Bonchev–Trinajstić information content (AvgIpc) is 3.27. The van der Waals surface area contributed by atoms with Crippen LogP contribution in [0.2, 0.25) is 5.02 Å². The average molecular weight is 399 g/mol. The van der Waals surface area contributed by atoms with Crippen LogP contribution in [0.5, 0.6) is 0 Å².